The molecule has 1 aromatic carbocycles. The molecule has 2 aromatic heterocycles. The first-order valence-corrected chi connectivity index (χ1v) is 19.4. The molecule has 49 heavy (non-hydrogen) atoms. The van der Waals surface area contributed by atoms with E-state index >= 15 is 0 Å². The summed E-state index contributed by atoms with van der Waals surface area (Å²) in [6, 6.07) is 10.5. The molecule has 0 saturated heterocycles. The van der Waals surface area contributed by atoms with Gasteiger partial charge in [-0.3, -0.25) is 0 Å². The number of aromatic nitrogens is 1. The van der Waals surface area contributed by atoms with Crippen LogP contribution in [0.15, 0.2) is 34.7 Å². The van der Waals surface area contributed by atoms with Crippen molar-refractivity contribution < 1.29 is 24.5 Å². The average molecular weight is 676 g/mol. The number of fused-ring (bicyclic) bond motifs is 2. The molecule has 8 heteroatoms. The van der Waals surface area contributed by atoms with Crippen molar-refractivity contribution in [3.05, 3.63) is 69.9 Å². The van der Waals surface area contributed by atoms with Crippen LogP contribution >= 0.6 is 0 Å². The SMILES string of the molecule is CCCCc1oc(CCc2ccc(O)c(OCC(NC3CCCCC3)c3cc4c([nH]3)CCC3CCCC3C4CNCC(C)O)c2)cc1CO. The number of hydrogen-bond donors (Lipinski definition) is 6. The zero-order valence-corrected chi connectivity index (χ0v) is 29.9. The number of hydrogen-bond acceptors (Lipinski definition) is 7. The van der Waals surface area contributed by atoms with Gasteiger partial charge in [-0.1, -0.05) is 51.5 Å². The number of rotatable bonds is 17. The largest absolute Gasteiger partial charge is 0.504 e. The van der Waals surface area contributed by atoms with Crippen LogP contribution in [0.25, 0.3) is 0 Å². The molecule has 2 saturated carbocycles. The molecule has 0 aliphatic heterocycles. The third-order valence-electron chi connectivity index (χ3n) is 11.5. The molecule has 6 N–H and O–H groups in total. The van der Waals surface area contributed by atoms with E-state index in [-0.39, 0.29) is 24.5 Å². The fraction of sp³-hybridized carbons (Fsp3) is 0.659. The van der Waals surface area contributed by atoms with E-state index in [4.69, 9.17) is 9.15 Å². The van der Waals surface area contributed by atoms with Crippen LogP contribution in [0.2, 0.25) is 0 Å². The van der Waals surface area contributed by atoms with Crippen molar-refractivity contribution in [3.8, 4) is 11.5 Å². The van der Waals surface area contributed by atoms with Crippen molar-refractivity contribution in [1.29, 1.82) is 0 Å². The number of benzene rings is 1. The summed E-state index contributed by atoms with van der Waals surface area (Å²) in [5, 5.41) is 38.2. The highest BCUT2D eigenvalue weighted by atomic mass is 16.5. The minimum atomic E-state index is -0.352. The van der Waals surface area contributed by atoms with Crippen molar-refractivity contribution in [2.75, 3.05) is 19.7 Å². The highest BCUT2D eigenvalue weighted by Gasteiger charge is 2.38. The van der Waals surface area contributed by atoms with Crippen molar-refractivity contribution in [3.63, 3.8) is 0 Å². The van der Waals surface area contributed by atoms with Gasteiger partial charge in [-0.2, -0.15) is 0 Å². The van der Waals surface area contributed by atoms with Crippen LogP contribution in [0.1, 0.15) is 136 Å². The molecule has 2 fully saturated rings. The predicted molar refractivity (Wildman–Crippen MR) is 194 cm³/mol. The predicted octanol–water partition coefficient (Wildman–Crippen LogP) is 7.39. The molecule has 5 atom stereocenters. The number of ether oxygens (including phenoxy) is 1. The molecular formula is C41H61N3O5. The summed E-state index contributed by atoms with van der Waals surface area (Å²) in [5.41, 5.74) is 5.96. The number of aliphatic hydroxyl groups excluding tert-OH is 2. The molecule has 5 unspecified atom stereocenters. The Labute approximate surface area is 293 Å². The van der Waals surface area contributed by atoms with E-state index in [9.17, 15) is 15.3 Å². The number of unbranched alkanes of at least 4 members (excludes halogenated alkanes) is 1. The highest BCUT2D eigenvalue weighted by Crippen LogP contribution is 2.47. The Morgan fingerprint density at radius 2 is 1.86 bits per heavy atom. The molecule has 0 spiro atoms. The van der Waals surface area contributed by atoms with Crippen molar-refractivity contribution in [2.24, 2.45) is 11.8 Å². The Bertz CT molecular complexity index is 1460. The zero-order valence-electron chi connectivity index (χ0n) is 29.9. The number of aromatic amines is 1. The second-order valence-corrected chi connectivity index (χ2v) is 15.3. The number of phenols is 1. The standard InChI is InChI=1S/C41H61N3O5/c1-3-4-13-40-30(25-45)21-32(49-40)17-14-28-15-19-39(47)41(20-28)48-26-38(43-31-10-6-5-7-11-31)37-22-34-35(24-42-23-27(2)46)33-12-8-9-29(33)16-18-36(34)44-37/h15,19-22,27,29,31,33,35,38,42-47H,3-14,16-18,23-26H2,1-2H3. The number of furan rings is 1. The van der Waals surface area contributed by atoms with E-state index < -0.39 is 0 Å². The van der Waals surface area contributed by atoms with Gasteiger partial charge in [-0.05, 0) is 99.1 Å². The van der Waals surface area contributed by atoms with Gasteiger partial charge in [0.05, 0.1) is 18.8 Å². The minimum absolute atomic E-state index is 0.00123. The maximum absolute atomic E-state index is 10.9. The van der Waals surface area contributed by atoms with Gasteiger partial charge in [0, 0.05) is 54.8 Å². The van der Waals surface area contributed by atoms with Crippen molar-refractivity contribution in [1.82, 2.24) is 15.6 Å². The molecule has 8 nitrogen and oxygen atoms in total. The smallest absolute Gasteiger partial charge is 0.161 e. The summed E-state index contributed by atoms with van der Waals surface area (Å²) < 4.78 is 12.6. The first kappa shape index (κ1) is 36.0. The lowest BCUT2D eigenvalue weighted by molar-refractivity contribution is 0.188. The monoisotopic (exact) mass is 675 g/mol. The summed E-state index contributed by atoms with van der Waals surface area (Å²) in [5.74, 6) is 4.36. The topological polar surface area (TPSA) is 123 Å². The number of aromatic hydroxyl groups is 1. The Balaban J connectivity index is 1.18. The number of H-pyrrole nitrogens is 1. The number of nitrogens with one attached hydrogen (secondary N) is 3. The van der Waals surface area contributed by atoms with Crippen molar-refractivity contribution >= 4 is 0 Å². The van der Waals surface area contributed by atoms with Crippen LogP contribution in [0.3, 0.4) is 0 Å². The quantitative estimate of drug-likeness (QED) is 0.0882. The second kappa shape index (κ2) is 17.4. The summed E-state index contributed by atoms with van der Waals surface area (Å²) in [7, 11) is 0. The van der Waals surface area contributed by atoms with Crippen LogP contribution in [0.4, 0.5) is 0 Å². The third-order valence-corrected chi connectivity index (χ3v) is 11.5. The van der Waals surface area contributed by atoms with E-state index in [1.165, 1.54) is 74.7 Å². The Hall–Kier alpha value is -2.78. The summed E-state index contributed by atoms with van der Waals surface area (Å²) >= 11 is 0. The molecule has 0 radical (unpaired) electrons. The molecule has 3 aromatic rings. The third kappa shape index (κ3) is 9.32. The van der Waals surface area contributed by atoms with Crippen LogP contribution in [-0.4, -0.2) is 52.1 Å². The van der Waals surface area contributed by atoms with Gasteiger partial charge in [0.2, 0.25) is 0 Å². The van der Waals surface area contributed by atoms with Gasteiger partial charge >= 0.3 is 0 Å². The van der Waals surface area contributed by atoms with Crippen LogP contribution in [-0.2, 0) is 32.3 Å². The van der Waals surface area contributed by atoms with E-state index in [0.29, 0.717) is 36.8 Å². The highest BCUT2D eigenvalue weighted by molar-refractivity contribution is 5.42. The Morgan fingerprint density at radius 3 is 2.65 bits per heavy atom. The van der Waals surface area contributed by atoms with Gasteiger partial charge in [-0.25, -0.2) is 0 Å². The number of aryl methyl sites for hydroxylation is 4. The Kier molecular flexibility index (Phi) is 12.8. The second-order valence-electron chi connectivity index (χ2n) is 15.3. The van der Waals surface area contributed by atoms with E-state index in [0.717, 1.165) is 73.6 Å². The minimum Gasteiger partial charge on any atom is -0.504 e. The van der Waals surface area contributed by atoms with Gasteiger partial charge in [0.25, 0.3) is 0 Å². The van der Waals surface area contributed by atoms with E-state index in [2.05, 4.69) is 28.6 Å². The van der Waals surface area contributed by atoms with Gasteiger partial charge < -0.3 is 40.1 Å². The number of aliphatic hydroxyl groups is 2. The lowest BCUT2D eigenvalue weighted by atomic mass is 9.80. The van der Waals surface area contributed by atoms with Gasteiger partial charge in [-0.15, -0.1) is 0 Å². The van der Waals surface area contributed by atoms with Gasteiger partial charge in [0.15, 0.2) is 11.5 Å². The van der Waals surface area contributed by atoms with E-state index in [1.54, 1.807) is 6.07 Å². The maximum atomic E-state index is 10.9. The summed E-state index contributed by atoms with van der Waals surface area (Å²) in [6.07, 6.45) is 16.5. The van der Waals surface area contributed by atoms with Gasteiger partial charge in [0.1, 0.15) is 18.1 Å². The van der Waals surface area contributed by atoms with Crippen LogP contribution in [0, 0.1) is 11.8 Å². The van der Waals surface area contributed by atoms with Crippen LogP contribution < -0.4 is 15.4 Å². The normalized spacial score (nSPS) is 22.4. The summed E-state index contributed by atoms with van der Waals surface area (Å²) in [6.45, 7) is 5.95. The molecule has 6 rings (SSSR count). The lowest BCUT2D eigenvalue weighted by Crippen LogP contribution is -2.37. The Morgan fingerprint density at radius 1 is 1.00 bits per heavy atom. The summed E-state index contributed by atoms with van der Waals surface area (Å²) in [4.78, 5) is 3.90. The maximum Gasteiger partial charge on any atom is 0.161 e. The molecule has 3 aliphatic carbocycles. The zero-order chi connectivity index (χ0) is 34.2. The van der Waals surface area contributed by atoms with Crippen LogP contribution in [0.5, 0.6) is 11.5 Å². The molecule has 270 valence electrons. The molecule has 0 bridgehead atoms. The average Bonchev–Trinajstić information content (AvgIpc) is 3.84. The number of phenolic OH excluding ortho intramolecular Hbond substituents is 1. The fourth-order valence-corrected chi connectivity index (χ4v) is 8.87. The lowest BCUT2D eigenvalue weighted by Gasteiger charge is -2.29. The molecular weight excluding hydrogens is 614 g/mol. The molecule has 0 amide bonds. The van der Waals surface area contributed by atoms with E-state index in [1.807, 2.05) is 25.1 Å². The fourth-order valence-electron chi connectivity index (χ4n) is 8.87. The first-order chi connectivity index (χ1) is 23.9. The van der Waals surface area contributed by atoms with Crippen molar-refractivity contribution in [2.45, 2.75) is 141 Å². The molecule has 2 heterocycles. The first-order valence-electron chi connectivity index (χ1n) is 19.4. The molecule has 3 aliphatic rings.